The third-order valence-electron chi connectivity index (χ3n) is 2.20. The summed E-state index contributed by atoms with van der Waals surface area (Å²) in [7, 11) is 0. The molecule has 72 valence electrons. The van der Waals surface area contributed by atoms with Crippen LogP contribution >= 0.6 is 11.5 Å². The number of fused-ring (bicyclic) bond motifs is 1. The molecule has 3 heteroatoms. The van der Waals surface area contributed by atoms with Crippen LogP contribution in [0.5, 0.6) is 0 Å². The van der Waals surface area contributed by atoms with Gasteiger partial charge in [0.25, 0.3) is 0 Å². The van der Waals surface area contributed by atoms with Gasteiger partial charge in [0.05, 0.1) is 10.4 Å². The Morgan fingerprint density at radius 1 is 1.50 bits per heavy atom. The zero-order chi connectivity index (χ0) is 10.1. The van der Waals surface area contributed by atoms with Crippen LogP contribution in [0, 0.1) is 6.92 Å². The van der Waals surface area contributed by atoms with Gasteiger partial charge in [-0.3, -0.25) is 4.79 Å². The number of benzene rings is 1. The molecule has 0 radical (unpaired) electrons. The van der Waals surface area contributed by atoms with Crippen LogP contribution in [0.15, 0.2) is 18.2 Å². The van der Waals surface area contributed by atoms with Crippen LogP contribution in [-0.2, 0) is 11.2 Å². The number of nitrogens with zero attached hydrogens (tertiary/aromatic N) is 1. The Morgan fingerprint density at radius 2 is 2.29 bits per heavy atom. The summed E-state index contributed by atoms with van der Waals surface area (Å²) in [5.41, 5.74) is 2.15. The lowest BCUT2D eigenvalue weighted by atomic mass is 10.1. The minimum absolute atomic E-state index is 0.198. The zero-order valence-electron chi connectivity index (χ0n) is 8.20. The molecule has 0 aliphatic carbocycles. The molecule has 0 atom stereocenters. The Morgan fingerprint density at radius 3 is 3.00 bits per heavy atom. The molecule has 2 nitrogen and oxygen atoms in total. The van der Waals surface area contributed by atoms with E-state index in [1.54, 1.807) is 6.92 Å². The highest BCUT2D eigenvalue weighted by Gasteiger charge is 2.07. The van der Waals surface area contributed by atoms with E-state index in [4.69, 9.17) is 0 Å². The topological polar surface area (TPSA) is 30.0 Å². The highest BCUT2D eigenvalue weighted by atomic mass is 32.1. The highest BCUT2D eigenvalue weighted by molar-refractivity contribution is 7.13. The van der Waals surface area contributed by atoms with Crippen LogP contribution in [0.3, 0.4) is 0 Å². The van der Waals surface area contributed by atoms with E-state index in [0.717, 1.165) is 16.0 Å². The van der Waals surface area contributed by atoms with Crippen molar-refractivity contribution < 1.29 is 4.79 Å². The van der Waals surface area contributed by atoms with Crippen molar-refractivity contribution in [1.82, 2.24) is 4.37 Å². The summed E-state index contributed by atoms with van der Waals surface area (Å²) in [5.74, 6) is 0.198. The summed E-state index contributed by atoms with van der Waals surface area (Å²) in [6.07, 6.45) is 0.513. The standard InChI is InChI=1S/C11H11NOS/c1-7(13)6-9-4-3-5-10-8(2)12-14-11(9)10/h3-5H,6H2,1-2H3. The Hall–Kier alpha value is -1.22. The molecule has 1 aromatic heterocycles. The predicted molar refractivity (Wildman–Crippen MR) is 58.7 cm³/mol. The van der Waals surface area contributed by atoms with Gasteiger partial charge >= 0.3 is 0 Å². The molecular formula is C11H11NOS. The van der Waals surface area contributed by atoms with Crippen molar-refractivity contribution in [1.29, 1.82) is 0 Å². The monoisotopic (exact) mass is 205 g/mol. The second-order valence-corrected chi connectivity index (χ2v) is 4.21. The number of aryl methyl sites for hydroxylation is 1. The zero-order valence-corrected chi connectivity index (χ0v) is 9.02. The number of aromatic nitrogens is 1. The van der Waals surface area contributed by atoms with Gasteiger partial charge in [0.2, 0.25) is 0 Å². The summed E-state index contributed by atoms with van der Waals surface area (Å²) in [6.45, 7) is 3.61. The van der Waals surface area contributed by atoms with Crippen LogP contribution in [0.25, 0.3) is 10.1 Å². The molecule has 2 aromatic rings. The van der Waals surface area contributed by atoms with Crippen molar-refractivity contribution in [2.24, 2.45) is 0 Å². The number of Topliss-reactive ketones (excluding diaryl/α,β-unsaturated/α-hetero) is 1. The minimum Gasteiger partial charge on any atom is -0.300 e. The van der Waals surface area contributed by atoms with Gasteiger partial charge in [-0.2, -0.15) is 4.37 Å². The quantitative estimate of drug-likeness (QED) is 0.754. The summed E-state index contributed by atoms with van der Waals surface area (Å²) < 4.78 is 5.45. The van der Waals surface area contributed by atoms with E-state index in [2.05, 4.69) is 10.4 Å². The second-order valence-electron chi connectivity index (χ2n) is 3.44. The normalized spacial score (nSPS) is 10.7. The molecule has 1 aromatic carbocycles. The van der Waals surface area contributed by atoms with Gasteiger partial charge in [-0.15, -0.1) is 0 Å². The average Bonchev–Trinajstić information content (AvgIpc) is 2.49. The van der Waals surface area contributed by atoms with Crippen LogP contribution in [0.1, 0.15) is 18.2 Å². The predicted octanol–water partition coefficient (Wildman–Crippen LogP) is 2.74. The van der Waals surface area contributed by atoms with Crippen molar-refractivity contribution in [3.05, 3.63) is 29.5 Å². The third kappa shape index (κ3) is 1.55. The molecule has 1 heterocycles. The third-order valence-corrected chi connectivity index (χ3v) is 3.23. The highest BCUT2D eigenvalue weighted by Crippen LogP contribution is 2.26. The Kier molecular flexibility index (Phi) is 2.33. The number of carbonyl (C=O) groups is 1. The molecule has 0 N–H and O–H groups in total. The maximum absolute atomic E-state index is 11.0. The molecule has 0 saturated heterocycles. The summed E-state index contributed by atoms with van der Waals surface area (Å²) in [6, 6.07) is 6.04. The fourth-order valence-electron chi connectivity index (χ4n) is 1.55. The van der Waals surface area contributed by atoms with E-state index in [-0.39, 0.29) is 5.78 Å². The first-order chi connectivity index (χ1) is 6.68. The summed E-state index contributed by atoms with van der Waals surface area (Å²) >= 11 is 1.48. The molecule has 0 aliphatic rings. The Balaban J connectivity index is 2.59. The van der Waals surface area contributed by atoms with E-state index in [0.29, 0.717) is 6.42 Å². The van der Waals surface area contributed by atoms with E-state index in [9.17, 15) is 4.79 Å². The van der Waals surface area contributed by atoms with Gasteiger partial charge < -0.3 is 0 Å². The maximum Gasteiger partial charge on any atom is 0.134 e. The molecule has 0 aliphatic heterocycles. The average molecular weight is 205 g/mol. The van der Waals surface area contributed by atoms with E-state index >= 15 is 0 Å². The molecule has 0 bridgehead atoms. The van der Waals surface area contributed by atoms with E-state index in [1.165, 1.54) is 16.9 Å². The first-order valence-electron chi connectivity index (χ1n) is 4.52. The molecule has 0 saturated carbocycles. The Bertz CT molecular complexity index is 487. The van der Waals surface area contributed by atoms with Crippen LogP contribution in [-0.4, -0.2) is 10.2 Å². The fourth-order valence-corrected chi connectivity index (χ4v) is 2.45. The van der Waals surface area contributed by atoms with Crippen LogP contribution in [0.4, 0.5) is 0 Å². The van der Waals surface area contributed by atoms with Crippen molar-refractivity contribution in [3.63, 3.8) is 0 Å². The van der Waals surface area contributed by atoms with Crippen molar-refractivity contribution in [2.75, 3.05) is 0 Å². The number of rotatable bonds is 2. The lowest BCUT2D eigenvalue weighted by Gasteiger charge is -1.98. The Labute approximate surface area is 86.7 Å². The largest absolute Gasteiger partial charge is 0.300 e. The van der Waals surface area contributed by atoms with Crippen LogP contribution in [0.2, 0.25) is 0 Å². The molecule has 0 spiro atoms. The van der Waals surface area contributed by atoms with Gasteiger partial charge in [0.1, 0.15) is 5.78 Å². The van der Waals surface area contributed by atoms with Gasteiger partial charge in [0, 0.05) is 11.8 Å². The van der Waals surface area contributed by atoms with Crippen molar-refractivity contribution in [2.45, 2.75) is 20.3 Å². The van der Waals surface area contributed by atoms with Gasteiger partial charge in [-0.05, 0) is 30.9 Å². The van der Waals surface area contributed by atoms with Gasteiger partial charge in [0.15, 0.2) is 0 Å². The number of hydrogen-bond acceptors (Lipinski definition) is 3. The van der Waals surface area contributed by atoms with Crippen molar-refractivity contribution in [3.8, 4) is 0 Å². The van der Waals surface area contributed by atoms with Crippen LogP contribution < -0.4 is 0 Å². The summed E-state index contributed by atoms with van der Waals surface area (Å²) in [4.78, 5) is 11.0. The lowest BCUT2D eigenvalue weighted by Crippen LogP contribution is -1.95. The number of carbonyl (C=O) groups excluding carboxylic acids is 1. The fraction of sp³-hybridized carbons (Fsp3) is 0.273. The first kappa shape index (κ1) is 9.34. The summed E-state index contributed by atoms with van der Waals surface area (Å²) in [5, 5.41) is 1.17. The lowest BCUT2D eigenvalue weighted by molar-refractivity contribution is -0.116. The minimum atomic E-state index is 0.198. The van der Waals surface area contributed by atoms with Crippen molar-refractivity contribution >= 4 is 27.4 Å². The SMILES string of the molecule is CC(=O)Cc1cccc2c(C)nsc12. The molecule has 2 rings (SSSR count). The van der Waals surface area contributed by atoms with Gasteiger partial charge in [-0.1, -0.05) is 18.2 Å². The number of hydrogen-bond donors (Lipinski definition) is 0. The van der Waals surface area contributed by atoms with Gasteiger partial charge in [-0.25, -0.2) is 0 Å². The second kappa shape index (κ2) is 3.50. The molecule has 0 unspecified atom stereocenters. The molecule has 0 fully saturated rings. The molecular weight excluding hydrogens is 194 g/mol. The maximum atomic E-state index is 11.0. The first-order valence-corrected chi connectivity index (χ1v) is 5.29. The number of ketones is 1. The smallest absolute Gasteiger partial charge is 0.134 e. The molecule has 0 amide bonds. The molecule has 14 heavy (non-hydrogen) atoms. The van der Waals surface area contributed by atoms with E-state index in [1.807, 2.05) is 19.1 Å². The van der Waals surface area contributed by atoms with E-state index < -0.39 is 0 Å².